The van der Waals surface area contributed by atoms with Gasteiger partial charge in [-0.25, -0.2) is 0 Å². The van der Waals surface area contributed by atoms with Crippen LogP contribution in [0.5, 0.6) is 0 Å². The summed E-state index contributed by atoms with van der Waals surface area (Å²) in [5.41, 5.74) is 0.771. The molecule has 0 amide bonds. The Hall–Kier alpha value is -1.31. The van der Waals surface area contributed by atoms with Crippen molar-refractivity contribution in [3.05, 3.63) is 36.2 Å². The number of carbonyl (C=O) groups excluding carboxylic acids is 1. The van der Waals surface area contributed by atoms with Crippen molar-refractivity contribution in [3.8, 4) is 0 Å². The molecule has 1 aromatic rings. The lowest BCUT2D eigenvalue weighted by Crippen LogP contribution is -2.03. The molecule has 0 aliphatic heterocycles. The van der Waals surface area contributed by atoms with Gasteiger partial charge in [-0.05, 0) is 19.1 Å². The summed E-state index contributed by atoms with van der Waals surface area (Å²) in [5.74, 6) is 0.115. The average Bonchev–Trinajstić information content (AvgIpc) is 2.48. The zero-order chi connectivity index (χ0) is 8.97. The van der Waals surface area contributed by atoms with Crippen LogP contribution in [0.1, 0.15) is 24.3 Å². The number of hydrogen-bond acceptors (Lipinski definition) is 1. The summed E-state index contributed by atoms with van der Waals surface area (Å²) in [7, 11) is 0. The Labute approximate surface area is 72.5 Å². The van der Waals surface area contributed by atoms with Crippen molar-refractivity contribution in [2.24, 2.45) is 0 Å². The molecule has 0 fully saturated rings. The second-order valence-electron chi connectivity index (χ2n) is 2.67. The number of hydrogen-bond donors (Lipinski definition) is 0. The molecule has 0 atom stereocenters. The molecule has 2 nitrogen and oxygen atoms in total. The third kappa shape index (κ3) is 1.84. The van der Waals surface area contributed by atoms with Crippen LogP contribution in [0, 0.1) is 0 Å². The maximum Gasteiger partial charge on any atom is 0.176 e. The van der Waals surface area contributed by atoms with Gasteiger partial charge in [0.05, 0.1) is 5.69 Å². The molecule has 0 N–H and O–H groups in total. The molecule has 12 heavy (non-hydrogen) atoms. The Kier molecular flexibility index (Phi) is 2.86. The fourth-order valence-corrected chi connectivity index (χ4v) is 1.11. The second kappa shape index (κ2) is 3.90. The van der Waals surface area contributed by atoms with E-state index in [-0.39, 0.29) is 5.78 Å². The lowest BCUT2D eigenvalue weighted by Gasteiger charge is -2.01. The fourth-order valence-electron chi connectivity index (χ4n) is 1.11. The van der Waals surface area contributed by atoms with Crippen molar-refractivity contribution < 1.29 is 4.79 Å². The minimum absolute atomic E-state index is 0.115. The van der Waals surface area contributed by atoms with Gasteiger partial charge in [0, 0.05) is 19.7 Å². The highest BCUT2D eigenvalue weighted by Crippen LogP contribution is 2.03. The van der Waals surface area contributed by atoms with Crippen LogP contribution < -0.4 is 0 Å². The Bertz CT molecular complexity index is 297. The van der Waals surface area contributed by atoms with E-state index in [9.17, 15) is 4.79 Å². The molecule has 1 rings (SSSR count). The molecule has 64 valence electrons. The normalized spacial score (nSPS) is 10.8. The standard InChI is InChI=1S/C10H13NO/c1-3-4-7-11-8-5-6-10(11)9(2)12/h3-6,8H,7H2,1-2H3. The first-order valence-electron chi connectivity index (χ1n) is 4.03. The Balaban J connectivity index is 2.84. The van der Waals surface area contributed by atoms with Crippen molar-refractivity contribution >= 4 is 5.78 Å². The number of carbonyl (C=O) groups is 1. The molecule has 0 aliphatic rings. The summed E-state index contributed by atoms with van der Waals surface area (Å²) < 4.78 is 1.93. The molecular formula is C10H13NO. The summed E-state index contributed by atoms with van der Waals surface area (Å²) in [6, 6.07) is 3.73. The van der Waals surface area contributed by atoms with Crippen molar-refractivity contribution in [2.45, 2.75) is 20.4 Å². The van der Waals surface area contributed by atoms with Crippen LogP contribution >= 0.6 is 0 Å². The Morgan fingerprint density at radius 3 is 3.00 bits per heavy atom. The highest BCUT2D eigenvalue weighted by atomic mass is 16.1. The van der Waals surface area contributed by atoms with Crippen LogP contribution in [-0.4, -0.2) is 10.4 Å². The molecular weight excluding hydrogens is 150 g/mol. The molecule has 0 aliphatic carbocycles. The number of rotatable bonds is 3. The van der Waals surface area contributed by atoms with Gasteiger partial charge in [-0.3, -0.25) is 4.79 Å². The first-order chi connectivity index (χ1) is 5.75. The third-order valence-electron chi connectivity index (χ3n) is 1.73. The number of ketones is 1. The minimum Gasteiger partial charge on any atom is -0.341 e. The third-order valence-corrected chi connectivity index (χ3v) is 1.73. The van der Waals surface area contributed by atoms with Gasteiger partial charge in [0.15, 0.2) is 5.78 Å². The summed E-state index contributed by atoms with van der Waals surface area (Å²) in [4.78, 5) is 11.0. The smallest absolute Gasteiger partial charge is 0.176 e. The van der Waals surface area contributed by atoms with Crippen molar-refractivity contribution in [1.82, 2.24) is 4.57 Å². The molecule has 0 spiro atoms. The maximum atomic E-state index is 11.0. The van der Waals surface area contributed by atoms with Crippen LogP contribution in [0.3, 0.4) is 0 Å². The second-order valence-corrected chi connectivity index (χ2v) is 2.67. The SMILES string of the molecule is CC=CCn1cccc1C(C)=O. The predicted octanol–water partition coefficient (Wildman–Crippen LogP) is 2.27. The van der Waals surface area contributed by atoms with Gasteiger partial charge in [0.2, 0.25) is 0 Å². The van der Waals surface area contributed by atoms with Crippen LogP contribution in [0.4, 0.5) is 0 Å². The Morgan fingerprint density at radius 2 is 2.42 bits per heavy atom. The molecule has 0 saturated heterocycles. The molecule has 1 heterocycles. The van der Waals surface area contributed by atoms with Gasteiger partial charge in [-0.1, -0.05) is 12.2 Å². The van der Waals surface area contributed by atoms with Crippen LogP contribution in [0.2, 0.25) is 0 Å². The zero-order valence-electron chi connectivity index (χ0n) is 7.45. The van der Waals surface area contributed by atoms with Crippen molar-refractivity contribution in [1.29, 1.82) is 0 Å². The van der Waals surface area contributed by atoms with E-state index in [1.165, 1.54) is 0 Å². The van der Waals surface area contributed by atoms with Crippen molar-refractivity contribution in [3.63, 3.8) is 0 Å². The van der Waals surface area contributed by atoms with E-state index < -0.39 is 0 Å². The molecule has 0 aromatic carbocycles. The number of aromatic nitrogens is 1. The van der Waals surface area contributed by atoms with Gasteiger partial charge < -0.3 is 4.57 Å². The van der Waals surface area contributed by atoms with E-state index in [1.54, 1.807) is 6.92 Å². The highest BCUT2D eigenvalue weighted by Gasteiger charge is 2.02. The highest BCUT2D eigenvalue weighted by molar-refractivity contribution is 5.92. The summed E-state index contributed by atoms with van der Waals surface area (Å²) in [6.07, 6.45) is 5.91. The molecule has 2 heteroatoms. The van der Waals surface area contributed by atoms with Gasteiger partial charge in [0.1, 0.15) is 0 Å². The van der Waals surface area contributed by atoms with Gasteiger partial charge >= 0.3 is 0 Å². The number of nitrogens with zero attached hydrogens (tertiary/aromatic N) is 1. The fraction of sp³-hybridized carbons (Fsp3) is 0.300. The Morgan fingerprint density at radius 1 is 1.67 bits per heavy atom. The average molecular weight is 163 g/mol. The van der Waals surface area contributed by atoms with Crippen molar-refractivity contribution in [2.75, 3.05) is 0 Å². The van der Waals surface area contributed by atoms with E-state index >= 15 is 0 Å². The van der Waals surface area contributed by atoms with Gasteiger partial charge in [0.25, 0.3) is 0 Å². The number of Topliss-reactive ketones (excluding diaryl/α,β-unsaturated/α-hetero) is 1. The zero-order valence-corrected chi connectivity index (χ0v) is 7.45. The summed E-state index contributed by atoms with van der Waals surface area (Å²) in [5, 5.41) is 0. The monoisotopic (exact) mass is 163 g/mol. The predicted molar refractivity (Wildman–Crippen MR) is 49.3 cm³/mol. The molecule has 0 saturated carbocycles. The first kappa shape index (κ1) is 8.78. The summed E-state index contributed by atoms with van der Waals surface area (Å²) in [6.45, 7) is 4.33. The lowest BCUT2D eigenvalue weighted by atomic mass is 10.3. The largest absolute Gasteiger partial charge is 0.341 e. The van der Waals surface area contributed by atoms with Crippen LogP contribution in [-0.2, 0) is 6.54 Å². The number of allylic oxidation sites excluding steroid dienone is 2. The lowest BCUT2D eigenvalue weighted by molar-refractivity contribution is 0.100. The van der Waals surface area contributed by atoms with Crippen LogP contribution in [0.25, 0.3) is 0 Å². The van der Waals surface area contributed by atoms with Gasteiger partial charge in [-0.15, -0.1) is 0 Å². The van der Waals surface area contributed by atoms with E-state index in [2.05, 4.69) is 0 Å². The quantitative estimate of drug-likeness (QED) is 0.495. The van der Waals surface area contributed by atoms with E-state index in [0.717, 1.165) is 12.2 Å². The maximum absolute atomic E-state index is 11.0. The van der Waals surface area contributed by atoms with E-state index in [0.29, 0.717) is 0 Å². The molecule has 0 unspecified atom stereocenters. The van der Waals surface area contributed by atoms with E-state index in [4.69, 9.17) is 0 Å². The molecule has 0 radical (unpaired) electrons. The van der Waals surface area contributed by atoms with E-state index in [1.807, 2.05) is 42.0 Å². The molecule has 1 aromatic heterocycles. The minimum atomic E-state index is 0.115. The van der Waals surface area contributed by atoms with Crippen LogP contribution in [0.15, 0.2) is 30.5 Å². The molecule has 0 bridgehead atoms. The topological polar surface area (TPSA) is 22.0 Å². The summed E-state index contributed by atoms with van der Waals surface area (Å²) >= 11 is 0. The van der Waals surface area contributed by atoms with Gasteiger partial charge in [-0.2, -0.15) is 0 Å². The first-order valence-corrected chi connectivity index (χ1v) is 4.03.